The van der Waals surface area contributed by atoms with E-state index in [0.29, 0.717) is 19.7 Å². The van der Waals surface area contributed by atoms with Crippen LogP contribution >= 0.6 is 0 Å². The highest BCUT2D eigenvalue weighted by atomic mass is 16.5. The number of hydrogen-bond acceptors (Lipinski definition) is 4. The standard InChI is InChI=1S/C11H22N2O3/c1-11(2)8(6-9(11)14)13-7-10(15)12-4-5-16-3/h8-9,13-14H,4-7H2,1-3H3,(H,12,15). The van der Waals surface area contributed by atoms with Gasteiger partial charge in [-0.15, -0.1) is 0 Å². The topological polar surface area (TPSA) is 70.6 Å². The first-order valence-corrected chi connectivity index (χ1v) is 5.65. The van der Waals surface area contributed by atoms with E-state index in [2.05, 4.69) is 10.6 Å². The maximum absolute atomic E-state index is 11.4. The number of carbonyl (C=O) groups excluding carboxylic acids is 1. The molecule has 1 aliphatic rings. The molecule has 0 aromatic heterocycles. The van der Waals surface area contributed by atoms with Crippen LogP contribution in [0.15, 0.2) is 0 Å². The summed E-state index contributed by atoms with van der Waals surface area (Å²) in [6.45, 7) is 5.36. The first-order chi connectivity index (χ1) is 7.48. The van der Waals surface area contributed by atoms with Crippen LogP contribution in [0.3, 0.4) is 0 Å². The van der Waals surface area contributed by atoms with Crippen molar-refractivity contribution < 1.29 is 14.6 Å². The van der Waals surface area contributed by atoms with Crippen molar-refractivity contribution in [2.75, 3.05) is 26.8 Å². The molecular weight excluding hydrogens is 208 g/mol. The molecule has 1 aliphatic carbocycles. The van der Waals surface area contributed by atoms with Crippen LogP contribution in [0.5, 0.6) is 0 Å². The molecular formula is C11H22N2O3. The second kappa shape index (κ2) is 5.61. The van der Waals surface area contributed by atoms with Crippen molar-refractivity contribution in [2.45, 2.75) is 32.4 Å². The molecule has 1 rings (SSSR count). The van der Waals surface area contributed by atoms with E-state index in [1.807, 2.05) is 13.8 Å². The molecule has 3 N–H and O–H groups in total. The predicted octanol–water partition coefficient (Wildman–Crippen LogP) is -0.502. The van der Waals surface area contributed by atoms with Gasteiger partial charge in [-0.2, -0.15) is 0 Å². The molecule has 1 saturated carbocycles. The van der Waals surface area contributed by atoms with Gasteiger partial charge in [0.25, 0.3) is 0 Å². The number of amides is 1. The van der Waals surface area contributed by atoms with E-state index in [4.69, 9.17) is 4.74 Å². The summed E-state index contributed by atoms with van der Waals surface area (Å²) in [6, 6.07) is 0.218. The van der Waals surface area contributed by atoms with Crippen LogP contribution in [0.4, 0.5) is 0 Å². The van der Waals surface area contributed by atoms with Crippen molar-refractivity contribution in [3.8, 4) is 0 Å². The summed E-state index contributed by atoms with van der Waals surface area (Å²) in [5.74, 6) is -0.0331. The molecule has 0 aliphatic heterocycles. The molecule has 0 saturated heterocycles. The lowest BCUT2D eigenvalue weighted by molar-refractivity contribution is -0.122. The maximum Gasteiger partial charge on any atom is 0.234 e. The van der Waals surface area contributed by atoms with E-state index in [1.54, 1.807) is 7.11 Å². The van der Waals surface area contributed by atoms with Crippen LogP contribution in [0.1, 0.15) is 20.3 Å². The monoisotopic (exact) mass is 230 g/mol. The zero-order valence-electron chi connectivity index (χ0n) is 10.2. The van der Waals surface area contributed by atoms with Gasteiger partial charge < -0.3 is 20.5 Å². The highest BCUT2D eigenvalue weighted by molar-refractivity contribution is 5.78. The Kier molecular flexibility index (Phi) is 4.70. The molecule has 1 amide bonds. The predicted molar refractivity (Wildman–Crippen MR) is 61.1 cm³/mol. The maximum atomic E-state index is 11.4. The van der Waals surface area contributed by atoms with E-state index in [9.17, 15) is 9.90 Å². The fourth-order valence-electron chi connectivity index (χ4n) is 1.82. The molecule has 94 valence electrons. The number of hydrogen-bond donors (Lipinski definition) is 3. The lowest BCUT2D eigenvalue weighted by atomic mass is 9.64. The van der Waals surface area contributed by atoms with Gasteiger partial charge in [-0.3, -0.25) is 4.79 Å². The van der Waals surface area contributed by atoms with Crippen LogP contribution in [-0.4, -0.2) is 50.0 Å². The Morgan fingerprint density at radius 2 is 2.25 bits per heavy atom. The second-order valence-corrected chi connectivity index (χ2v) is 4.85. The first kappa shape index (κ1) is 13.4. The van der Waals surface area contributed by atoms with Crippen molar-refractivity contribution in [3.63, 3.8) is 0 Å². The molecule has 5 nitrogen and oxygen atoms in total. The summed E-state index contributed by atoms with van der Waals surface area (Å²) in [4.78, 5) is 11.4. The molecule has 0 aromatic carbocycles. The Hall–Kier alpha value is -0.650. The summed E-state index contributed by atoms with van der Waals surface area (Å²) >= 11 is 0. The summed E-state index contributed by atoms with van der Waals surface area (Å²) in [7, 11) is 1.60. The van der Waals surface area contributed by atoms with Gasteiger partial charge in [-0.05, 0) is 6.42 Å². The van der Waals surface area contributed by atoms with Crippen molar-refractivity contribution >= 4 is 5.91 Å². The van der Waals surface area contributed by atoms with Gasteiger partial charge >= 0.3 is 0 Å². The van der Waals surface area contributed by atoms with Crippen LogP contribution in [0, 0.1) is 5.41 Å². The minimum absolute atomic E-state index is 0.0331. The number of rotatable bonds is 6. The summed E-state index contributed by atoms with van der Waals surface area (Å²) < 4.78 is 4.83. The quantitative estimate of drug-likeness (QED) is 0.538. The molecule has 16 heavy (non-hydrogen) atoms. The van der Waals surface area contributed by atoms with E-state index in [1.165, 1.54) is 0 Å². The fourth-order valence-corrected chi connectivity index (χ4v) is 1.82. The number of ether oxygens (including phenoxy) is 1. The van der Waals surface area contributed by atoms with Crippen LogP contribution in [0.25, 0.3) is 0 Å². The van der Waals surface area contributed by atoms with Gasteiger partial charge in [-0.25, -0.2) is 0 Å². The molecule has 0 heterocycles. The van der Waals surface area contributed by atoms with Crippen LogP contribution in [-0.2, 0) is 9.53 Å². The molecule has 0 bridgehead atoms. The molecule has 2 atom stereocenters. The van der Waals surface area contributed by atoms with E-state index < -0.39 is 0 Å². The lowest BCUT2D eigenvalue weighted by Gasteiger charge is -2.49. The summed E-state index contributed by atoms with van der Waals surface area (Å²) in [5, 5.41) is 15.4. The Balaban J connectivity index is 2.13. The van der Waals surface area contributed by atoms with Gasteiger partial charge in [0, 0.05) is 25.1 Å². The Morgan fingerprint density at radius 3 is 2.75 bits per heavy atom. The van der Waals surface area contributed by atoms with Crippen LogP contribution in [0.2, 0.25) is 0 Å². The van der Waals surface area contributed by atoms with E-state index >= 15 is 0 Å². The molecule has 2 unspecified atom stereocenters. The first-order valence-electron chi connectivity index (χ1n) is 5.65. The van der Waals surface area contributed by atoms with Crippen molar-refractivity contribution in [2.24, 2.45) is 5.41 Å². The van der Waals surface area contributed by atoms with Gasteiger partial charge in [0.1, 0.15) is 0 Å². The van der Waals surface area contributed by atoms with Gasteiger partial charge in [0.05, 0.1) is 19.3 Å². The average Bonchev–Trinajstić information content (AvgIpc) is 2.24. The van der Waals surface area contributed by atoms with Crippen molar-refractivity contribution in [1.29, 1.82) is 0 Å². The van der Waals surface area contributed by atoms with Gasteiger partial charge in [0.15, 0.2) is 0 Å². The Bertz CT molecular complexity index is 243. The Morgan fingerprint density at radius 1 is 1.56 bits per heavy atom. The molecule has 1 fully saturated rings. The van der Waals surface area contributed by atoms with Gasteiger partial charge in [0.2, 0.25) is 5.91 Å². The SMILES string of the molecule is COCCNC(=O)CNC1CC(O)C1(C)C. The summed E-state index contributed by atoms with van der Waals surface area (Å²) in [6.07, 6.45) is 0.458. The fraction of sp³-hybridized carbons (Fsp3) is 0.909. The van der Waals surface area contributed by atoms with E-state index in [-0.39, 0.29) is 23.5 Å². The third-order valence-corrected chi connectivity index (χ3v) is 3.35. The molecule has 0 aromatic rings. The third-order valence-electron chi connectivity index (χ3n) is 3.35. The largest absolute Gasteiger partial charge is 0.392 e. The highest BCUT2D eigenvalue weighted by Crippen LogP contribution is 2.40. The van der Waals surface area contributed by atoms with Crippen molar-refractivity contribution in [1.82, 2.24) is 10.6 Å². The third kappa shape index (κ3) is 3.17. The molecule has 0 radical (unpaired) electrons. The van der Waals surface area contributed by atoms with Gasteiger partial charge in [-0.1, -0.05) is 13.8 Å². The van der Waals surface area contributed by atoms with Crippen LogP contribution < -0.4 is 10.6 Å². The number of aliphatic hydroxyl groups excluding tert-OH is 1. The Labute approximate surface area is 96.6 Å². The molecule has 0 spiro atoms. The molecule has 5 heteroatoms. The minimum Gasteiger partial charge on any atom is -0.392 e. The van der Waals surface area contributed by atoms with E-state index in [0.717, 1.165) is 6.42 Å². The lowest BCUT2D eigenvalue weighted by Crippen LogP contribution is -2.61. The second-order valence-electron chi connectivity index (χ2n) is 4.85. The number of aliphatic hydroxyl groups is 1. The number of methoxy groups -OCH3 is 1. The zero-order chi connectivity index (χ0) is 12.2. The normalized spacial score (nSPS) is 27.2. The minimum atomic E-state index is -0.262. The van der Waals surface area contributed by atoms with Crippen molar-refractivity contribution in [3.05, 3.63) is 0 Å². The highest BCUT2D eigenvalue weighted by Gasteiger charge is 2.46. The zero-order valence-corrected chi connectivity index (χ0v) is 10.2. The number of carbonyl (C=O) groups is 1. The number of nitrogens with one attached hydrogen (secondary N) is 2. The average molecular weight is 230 g/mol. The smallest absolute Gasteiger partial charge is 0.234 e. The summed E-state index contributed by atoms with van der Waals surface area (Å²) in [5.41, 5.74) is -0.132.